The van der Waals surface area contributed by atoms with E-state index in [0.717, 1.165) is 16.7 Å². The molecule has 2 amide bonds. The Kier molecular flexibility index (Phi) is 5.94. The number of carbonyl (C=O) groups excluding carboxylic acids is 4. The van der Waals surface area contributed by atoms with Gasteiger partial charge in [0.25, 0.3) is 0 Å². The summed E-state index contributed by atoms with van der Waals surface area (Å²) in [7, 11) is 1.53. The lowest BCUT2D eigenvalue weighted by molar-refractivity contribution is -0.139. The van der Waals surface area contributed by atoms with E-state index in [1.807, 2.05) is 79.7 Å². The van der Waals surface area contributed by atoms with Crippen molar-refractivity contribution < 1.29 is 24.3 Å². The number of aromatic hydroxyl groups is 1. The second-order valence-electron chi connectivity index (χ2n) is 12.1. The zero-order valence-electron chi connectivity index (χ0n) is 23.5. The molecular weight excluding hydrogens is 526 g/mol. The molecule has 210 valence electrons. The van der Waals surface area contributed by atoms with Crippen LogP contribution in [0.1, 0.15) is 41.0 Å². The molecule has 6 atom stereocenters. The number of likely N-dealkylation sites (tertiary alicyclic amines) is 1. The maximum absolute atomic E-state index is 14.9. The molecule has 1 N–H and O–H groups in total. The van der Waals surface area contributed by atoms with Crippen LogP contribution in [0.15, 0.2) is 96.6 Å². The summed E-state index contributed by atoms with van der Waals surface area (Å²) in [4.78, 5) is 57.5. The molecule has 3 aromatic rings. The van der Waals surface area contributed by atoms with Gasteiger partial charge in [-0.3, -0.25) is 24.1 Å². The molecule has 4 aliphatic rings. The fourth-order valence-electron chi connectivity index (χ4n) is 8.26. The highest BCUT2D eigenvalue weighted by Gasteiger charge is 2.65. The summed E-state index contributed by atoms with van der Waals surface area (Å²) < 4.78 is 0. The van der Waals surface area contributed by atoms with Gasteiger partial charge in [-0.1, -0.05) is 84.4 Å². The number of ketones is 2. The zero-order valence-corrected chi connectivity index (χ0v) is 23.5. The van der Waals surface area contributed by atoms with Crippen molar-refractivity contribution in [2.45, 2.75) is 31.1 Å². The van der Waals surface area contributed by atoms with Crippen molar-refractivity contribution in [1.82, 2.24) is 4.90 Å². The number of hydrogen-bond donors (Lipinski definition) is 1. The molecule has 3 aliphatic carbocycles. The Hall–Kier alpha value is -4.58. The van der Waals surface area contributed by atoms with Crippen molar-refractivity contribution >= 4 is 29.0 Å². The van der Waals surface area contributed by atoms with Gasteiger partial charge < -0.3 is 5.11 Å². The molecule has 6 heteroatoms. The number of benzene rings is 3. The molecule has 0 radical (unpaired) electrons. The standard InChI is InChI=1S/C36H31NO5/c1-20-17-22(13-16-29(20)38)32-24-14-15-25-31(35(42)37(2)34(25)41)27(24)18-28-33(40)26(21-9-5-3-6-10-21)19-30(39)36(28,32)23-11-7-4-8-12-23/h3-14,16-17,19,25,27-28,31-32,38H,15,18H2,1-2H3. The zero-order chi connectivity index (χ0) is 29.3. The van der Waals surface area contributed by atoms with Crippen LogP contribution < -0.4 is 0 Å². The van der Waals surface area contributed by atoms with Gasteiger partial charge in [-0.25, -0.2) is 0 Å². The lowest BCUT2D eigenvalue weighted by Crippen LogP contribution is -2.58. The summed E-state index contributed by atoms with van der Waals surface area (Å²) in [6.45, 7) is 1.81. The quantitative estimate of drug-likeness (QED) is 0.355. The van der Waals surface area contributed by atoms with Gasteiger partial charge in [-0.05, 0) is 60.1 Å². The Balaban J connectivity index is 1.53. The average molecular weight is 558 g/mol. The first-order valence-electron chi connectivity index (χ1n) is 14.5. The summed E-state index contributed by atoms with van der Waals surface area (Å²) in [6, 6.07) is 24.1. The van der Waals surface area contributed by atoms with E-state index < -0.39 is 29.1 Å². The molecule has 6 unspecified atom stereocenters. The smallest absolute Gasteiger partial charge is 0.233 e. The van der Waals surface area contributed by atoms with Gasteiger partial charge in [-0.15, -0.1) is 0 Å². The Bertz CT molecular complexity index is 1720. The Labute approximate surface area is 244 Å². The Morgan fingerprint density at radius 2 is 1.55 bits per heavy atom. The van der Waals surface area contributed by atoms with Crippen LogP contribution in [0.25, 0.3) is 5.57 Å². The monoisotopic (exact) mass is 557 g/mol. The Morgan fingerprint density at radius 3 is 2.24 bits per heavy atom. The molecular formula is C36H31NO5. The lowest BCUT2D eigenvalue weighted by atomic mass is 9.44. The minimum absolute atomic E-state index is 0.128. The number of fused-ring (bicyclic) bond motifs is 4. The van der Waals surface area contributed by atoms with E-state index in [1.165, 1.54) is 18.0 Å². The van der Waals surface area contributed by atoms with Crippen molar-refractivity contribution in [1.29, 1.82) is 0 Å². The molecule has 1 saturated heterocycles. The van der Waals surface area contributed by atoms with E-state index in [4.69, 9.17) is 0 Å². The molecule has 1 saturated carbocycles. The number of carbonyl (C=O) groups is 4. The summed E-state index contributed by atoms with van der Waals surface area (Å²) in [5, 5.41) is 10.4. The van der Waals surface area contributed by atoms with E-state index in [1.54, 1.807) is 6.07 Å². The van der Waals surface area contributed by atoms with E-state index >= 15 is 0 Å². The molecule has 3 aromatic carbocycles. The van der Waals surface area contributed by atoms with Gasteiger partial charge in [-0.2, -0.15) is 0 Å². The van der Waals surface area contributed by atoms with Crippen LogP contribution >= 0.6 is 0 Å². The first-order valence-corrected chi connectivity index (χ1v) is 14.5. The lowest BCUT2D eigenvalue weighted by Gasteiger charge is -2.55. The van der Waals surface area contributed by atoms with Crippen molar-refractivity contribution in [2.75, 3.05) is 7.05 Å². The van der Waals surface area contributed by atoms with Crippen molar-refractivity contribution in [3.63, 3.8) is 0 Å². The normalized spacial score (nSPS) is 30.3. The highest BCUT2D eigenvalue weighted by Crippen LogP contribution is 2.63. The van der Waals surface area contributed by atoms with Crippen LogP contribution in [0.3, 0.4) is 0 Å². The molecule has 7 rings (SSSR count). The van der Waals surface area contributed by atoms with E-state index in [2.05, 4.69) is 6.08 Å². The van der Waals surface area contributed by atoms with Crippen LogP contribution in [0.5, 0.6) is 5.75 Å². The van der Waals surface area contributed by atoms with Gasteiger partial charge in [0.2, 0.25) is 11.8 Å². The van der Waals surface area contributed by atoms with Crippen molar-refractivity contribution in [3.8, 4) is 5.75 Å². The van der Waals surface area contributed by atoms with Gasteiger partial charge in [0, 0.05) is 24.5 Å². The molecule has 0 aromatic heterocycles. The van der Waals surface area contributed by atoms with E-state index in [0.29, 0.717) is 23.1 Å². The summed E-state index contributed by atoms with van der Waals surface area (Å²) in [5.74, 6) is -3.30. The molecule has 2 fully saturated rings. The molecule has 42 heavy (non-hydrogen) atoms. The predicted octanol–water partition coefficient (Wildman–Crippen LogP) is 5.15. The molecule has 1 aliphatic heterocycles. The summed E-state index contributed by atoms with van der Waals surface area (Å²) in [5.41, 5.74) is 2.94. The van der Waals surface area contributed by atoms with Gasteiger partial charge in [0.05, 0.1) is 17.3 Å². The van der Waals surface area contributed by atoms with Crippen LogP contribution in [-0.2, 0) is 24.6 Å². The van der Waals surface area contributed by atoms with Crippen LogP contribution in [0.4, 0.5) is 0 Å². The largest absolute Gasteiger partial charge is 0.508 e. The Morgan fingerprint density at radius 1 is 0.857 bits per heavy atom. The first kappa shape index (κ1) is 26.3. The minimum atomic E-state index is -1.26. The average Bonchev–Trinajstić information content (AvgIpc) is 3.23. The molecule has 0 bridgehead atoms. The maximum atomic E-state index is 14.9. The summed E-state index contributed by atoms with van der Waals surface area (Å²) in [6.07, 6.45) is 4.27. The fourth-order valence-corrected chi connectivity index (χ4v) is 8.26. The minimum Gasteiger partial charge on any atom is -0.508 e. The third-order valence-electron chi connectivity index (χ3n) is 10.1. The number of allylic oxidation sites excluding steroid dienone is 4. The second kappa shape index (κ2) is 9.48. The highest BCUT2D eigenvalue weighted by molar-refractivity contribution is 6.31. The van der Waals surface area contributed by atoms with Crippen LogP contribution in [0.2, 0.25) is 0 Å². The van der Waals surface area contributed by atoms with E-state index in [9.17, 15) is 24.3 Å². The van der Waals surface area contributed by atoms with Crippen LogP contribution in [0, 0.1) is 30.6 Å². The van der Waals surface area contributed by atoms with Gasteiger partial charge >= 0.3 is 0 Å². The third kappa shape index (κ3) is 3.50. The summed E-state index contributed by atoms with van der Waals surface area (Å²) >= 11 is 0. The number of hydrogen-bond acceptors (Lipinski definition) is 5. The van der Waals surface area contributed by atoms with Gasteiger partial charge in [0.1, 0.15) is 5.75 Å². The predicted molar refractivity (Wildman–Crippen MR) is 157 cm³/mol. The number of phenolic OH excluding ortho intramolecular Hbond substituents is 1. The number of aryl methyl sites for hydroxylation is 1. The van der Waals surface area contributed by atoms with E-state index in [-0.39, 0.29) is 41.5 Å². The second-order valence-corrected chi connectivity index (χ2v) is 12.1. The number of Topliss-reactive ketones (excluding diaryl/α,β-unsaturated/α-hetero) is 1. The number of rotatable bonds is 3. The number of amides is 2. The topological polar surface area (TPSA) is 91.8 Å². The fraction of sp³-hybridized carbons (Fsp3) is 0.278. The molecule has 1 heterocycles. The van der Waals surface area contributed by atoms with Gasteiger partial charge in [0.15, 0.2) is 11.6 Å². The number of nitrogens with zero attached hydrogens (tertiary/aromatic N) is 1. The maximum Gasteiger partial charge on any atom is 0.233 e. The SMILES string of the molecule is Cc1cc(C2C3=CCC4C(=O)N(C)C(=O)C4C3CC3C(=O)C(c4ccccc4)=CC(=O)C32c2ccccc2)ccc1O. The van der Waals surface area contributed by atoms with Crippen molar-refractivity contribution in [2.24, 2.45) is 23.7 Å². The number of imide groups is 1. The molecule has 6 nitrogen and oxygen atoms in total. The highest BCUT2D eigenvalue weighted by atomic mass is 16.3. The molecule has 0 spiro atoms. The van der Waals surface area contributed by atoms with Crippen molar-refractivity contribution in [3.05, 3.63) is 119 Å². The third-order valence-corrected chi connectivity index (χ3v) is 10.1. The first-order chi connectivity index (χ1) is 20.2. The number of phenols is 1. The van der Waals surface area contributed by atoms with Crippen LogP contribution in [-0.4, -0.2) is 40.4 Å².